The summed E-state index contributed by atoms with van der Waals surface area (Å²) < 4.78 is 9.14. The molecule has 0 aliphatic rings. The van der Waals surface area contributed by atoms with Crippen molar-refractivity contribution in [2.75, 3.05) is 0 Å². The van der Waals surface area contributed by atoms with Gasteiger partial charge in [0.25, 0.3) is 0 Å². The summed E-state index contributed by atoms with van der Waals surface area (Å²) in [6, 6.07) is 50.0. The molecule has 0 saturated carbocycles. The van der Waals surface area contributed by atoms with Crippen LogP contribution in [0.2, 0.25) is 5.02 Å². The van der Waals surface area contributed by atoms with Crippen LogP contribution in [0.3, 0.4) is 0 Å². The SMILES string of the molecule is Clc1ccc(-c2nc(-c3ccc(-c4ccccc4)cc3)nc(-c3ccc4c(c3)sc3ccccc34)n2)c2oc3c4ccccc4ccc3c12. The summed E-state index contributed by atoms with van der Waals surface area (Å²) in [4.78, 5) is 15.3. The average molecular weight is 666 g/mol. The molecular weight excluding hydrogens is 642 g/mol. The molecule has 0 radical (unpaired) electrons. The van der Waals surface area contributed by atoms with Crippen molar-refractivity contribution in [2.24, 2.45) is 0 Å². The van der Waals surface area contributed by atoms with Gasteiger partial charge in [0, 0.05) is 47.5 Å². The van der Waals surface area contributed by atoms with Gasteiger partial charge < -0.3 is 4.42 Å². The molecule has 3 heterocycles. The molecule has 3 aromatic heterocycles. The van der Waals surface area contributed by atoms with Gasteiger partial charge in [-0.2, -0.15) is 0 Å². The Balaban J connectivity index is 1.20. The maximum atomic E-state index is 6.88. The molecule has 0 fully saturated rings. The van der Waals surface area contributed by atoms with Crippen molar-refractivity contribution >= 4 is 75.8 Å². The summed E-state index contributed by atoms with van der Waals surface area (Å²) in [6.45, 7) is 0. The van der Waals surface area contributed by atoms with Crippen molar-refractivity contribution in [2.45, 2.75) is 0 Å². The van der Waals surface area contributed by atoms with Gasteiger partial charge in [-0.25, -0.2) is 15.0 Å². The minimum Gasteiger partial charge on any atom is -0.455 e. The summed E-state index contributed by atoms with van der Waals surface area (Å²) >= 11 is 8.66. The van der Waals surface area contributed by atoms with Gasteiger partial charge in [0.05, 0.1) is 10.6 Å². The van der Waals surface area contributed by atoms with E-state index in [0.717, 1.165) is 54.9 Å². The molecule has 0 aliphatic carbocycles. The van der Waals surface area contributed by atoms with Gasteiger partial charge in [0.2, 0.25) is 0 Å². The molecule has 0 amide bonds. The van der Waals surface area contributed by atoms with Gasteiger partial charge >= 0.3 is 0 Å². The maximum absolute atomic E-state index is 6.88. The van der Waals surface area contributed by atoms with Crippen LogP contribution >= 0.6 is 22.9 Å². The lowest BCUT2D eigenvalue weighted by molar-refractivity contribution is 0.673. The molecule has 0 unspecified atom stereocenters. The highest BCUT2D eigenvalue weighted by Gasteiger charge is 2.21. The molecule has 10 rings (SSSR count). The third-order valence-electron chi connectivity index (χ3n) is 9.22. The van der Waals surface area contributed by atoms with E-state index in [0.29, 0.717) is 28.1 Å². The normalized spacial score (nSPS) is 11.8. The lowest BCUT2D eigenvalue weighted by atomic mass is 10.0. The molecule has 0 N–H and O–H groups in total. The average Bonchev–Trinajstić information content (AvgIpc) is 3.75. The summed E-state index contributed by atoms with van der Waals surface area (Å²) in [6.07, 6.45) is 0. The molecule has 7 aromatic carbocycles. The molecular formula is C43H24ClN3OS. The van der Waals surface area contributed by atoms with Crippen LogP contribution < -0.4 is 0 Å². The first-order chi connectivity index (χ1) is 24.2. The summed E-state index contributed by atoms with van der Waals surface area (Å²) in [5.41, 5.74) is 6.31. The van der Waals surface area contributed by atoms with Crippen LogP contribution in [0.4, 0.5) is 0 Å². The van der Waals surface area contributed by atoms with Crippen molar-refractivity contribution in [3.63, 3.8) is 0 Å². The molecule has 230 valence electrons. The Bertz CT molecular complexity index is 2890. The fourth-order valence-electron chi connectivity index (χ4n) is 6.81. The molecule has 0 saturated heterocycles. The van der Waals surface area contributed by atoms with Crippen LogP contribution in [0.15, 0.2) is 150 Å². The van der Waals surface area contributed by atoms with Gasteiger partial charge in [-0.15, -0.1) is 11.3 Å². The Morgan fingerprint density at radius 1 is 0.449 bits per heavy atom. The molecule has 6 heteroatoms. The number of benzene rings is 7. The number of fused-ring (bicyclic) bond motifs is 8. The van der Waals surface area contributed by atoms with E-state index in [1.54, 1.807) is 11.3 Å². The number of aromatic nitrogens is 3. The largest absolute Gasteiger partial charge is 0.455 e. The molecule has 0 bridgehead atoms. The smallest absolute Gasteiger partial charge is 0.167 e. The highest BCUT2D eigenvalue weighted by Crippen LogP contribution is 2.42. The van der Waals surface area contributed by atoms with E-state index >= 15 is 0 Å². The molecule has 4 nitrogen and oxygen atoms in total. The second-order valence-electron chi connectivity index (χ2n) is 12.1. The quantitative estimate of drug-likeness (QED) is 0.188. The maximum Gasteiger partial charge on any atom is 0.167 e. The molecule has 49 heavy (non-hydrogen) atoms. The van der Waals surface area contributed by atoms with Crippen molar-refractivity contribution < 1.29 is 4.42 Å². The van der Waals surface area contributed by atoms with Gasteiger partial charge in [0.1, 0.15) is 11.2 Å². The Kier molecular flexibility index (Phi) is 6.38. The third kappa shape index (κ3) is 4.62. The predicted molar refractivity (Wildman–Crippen MR) is 204 cm³/mol. The summed E-state index contributed by atoms with van der Waals surface area (Å²) in [7, 11) is 0. The highest BCUT2D eigenvalue weighted by atomic mass is 35.5. The van der Waals surface area contributed by atoms with Crippen molar-refractivity contribution in [3.05, 3.63) is 151 Å². The Hall–Kier alpha value is -5.88. The molecule has 10 aromatic rings. The first-order valence-electron chi connectivity index (χ1n) is 16.0. The Labute approximate surface area is 289 Å². The van der Waals surface area contributed by atoms with Gasteiger partial charge in [0.15, 0.2) is 17.5 Å². The van der Waals surface area contributed by atoms with E-state index < -0.39 is 0 Å². The minimum atomic E-state index is 0.522. The van der Waals surface area contributed by atoms with E-state index in [2.05, 4.69) is 115 Å². The second-order valence-corrected chi connectivity index (χ2v) is 13.6. The monoisotopic (exact) mass is 665 g/mol. The number of halogens is 1. The second kappa shape index (κ2) is 11.1. The van der Waals surface area contributed by atoms with Crippen LogP contribution in [0.5, 0.6) is 0 Å². The fourth-order valence-corrected chi connectivity index (χ4v) is 8.20. The van der Waals surface area contributed by atoms with Gasteiger partial charge in [-0.1, -0.05) is 127 Å². The third-order valence-corrected chi connectivity index (χ3v) is 10.7. The van der Waals surface area contributed by atoms with Gasteiger partial charge in [-0.3, -0.25) is 0 Å². The van der Waals surface area contributed by atoms with Crippen LogP contribution in [0.25, 0.3) is 98.2 Å². The van der Waals surface area contributed by atoms with E-state index in [4.69, 9.17) is 31.0 Å². The minimum absolute atomic E-state index is 0.522. The van der Waals surface area contributed by atoms with Crippen molar-refractivity contribution in [1.82, 2.24) is 15.0 Å². The highest BCUT2D eigenvalue weighted by molar-refractivity contribution is 7.25. The zero-order chi connectivity index (χ0) is 32.5. The summed E-state index contributed by atoms with van der Waals surface area (Å²) in [5.74, 6) is 1.70. The number of hydrogen-bond acceptors (Lipinski definition) is 5. The number of furan rings is 1. The van der Waals surface area contributed by atoms with E-state index in [1.807, 2.05) is 30.3 Å². The van der Waals surface area contributed by atoms with Gasteiger partial charge in [-0.05, 0) is 46.8 Å². The number of rotatable bonds is 4. The lowest BCUT2D eigenvalue weighted by Crippen LogP contribution is -2.00. The van der Waals surface area contributed by atoms with E-state index in [1.165, 1.54) is 20.2 Å². The first kappa shape index (κ1) is 28.2. The molecule has 0 atom stereocenters. The number of hydrogen-bond donors (Lipinski definition) is 0. The van der Waals surface area contributed by atoms with Crippen LogP contribution in [-0.2, 0) is 0 Å². The zero-order valence-corrected chi connectivity index (χ0v) is 27.5. The first-order valence-corrected chi connectivity index (χ1v) is 17.2. The topological polar surface area (TPSA) is 51.8 Å². The lowest BCUT2D eigenvalue weighted by Gasteiger charge is -2.10. The van der Waals surface area contributed by atoms with Crippen molar-refractivity contribution in [1.29, 1.82) is 0 Å². The van der Waals surface area contributed by atoms with E-state index in [9.17, 15) is 0 Å². The van der Waals surface area contributed by atoms with Crippen molar-refractivity contribution in [3.8, 4) is 45.3 Å². The summed E-state index contributed by atoms with van der Waals surface area (Å²) in [5, 5.41) is 7.05. The predicted octanol–water partition coefficient (Wildman–Crippen LogP) is 12.6. The zero-order valence-electron chi connectivity index (χ0n) is 25.9. The molecule has 0 spiro atoms. The molecule has 0 aliphatic heterocycles. The standard InChI is InChI=1S/C43H24ClN3OS/c44-35-23-22-34(40-38(35)33-21-18-27-10-4-5-11-30(27)39(33)48-40)43-46-41(28-16-14-26(15-17-28)25-8-2-1-3-9-25)45-42(47-43)29-19-20-32-31-12-6-7-13-36(31)49-37(32)24-29/h1-24H. The Morgan fingerprint density at radius 2 is 1.08 bits per heavy atom. The Morgan fingerprint density at radius 3 is 1.94 bits per heavy atom. The van der Waals surface area contributed by atoms with Crippen LogP contribution in [0.1, 0.15) is 0 Å². The number of nitrogens with zero attached hydrogens (tertiary/aromatic N) is 3. The number of thiophene rings is 1. The van der Waals surface area contributed by atoms with Crippen LogP contribution in [0, 0.1) is 0 Å². The van der Waals surface area contributed by atoms with E-state index in [-0.39, 0.29) is 0 Å². The van der Waals surface area contributed by atoms with Crippen LogP contribution in [-0.4, -0.2) is 15.0 Å². The fraction of sp³-hybridized carbons (Fsp3) is 0.